The lowest BCUT2D eigenvalue weighted by Crippen LogP contribution is -2.65. The van der Waals surface area contributed by atoms with Crippen molar-refractivity contribution in [2.75, 3.05) is 20.1 Å². The first-order valence-electron chi connectivity index (χ1n) is 10.4. The highest BCUT2D eigenvalue weighted by Crippen LogP contribution is 2.62. The maximum Gasteiger partial charge on any atom is 0.311 e. The number of ether oxygens (including phenoxy) is 3. The van der Waals surface area contributed by atoms with Crippen LogP contribution in [0.15, 0.2) is 0 Å². The molecule has 2 rings (SSSR count). The topological polar surface area (TPSA) is 82.1 Å². The zero-order valence-electron chi connectivity index (χ0n) is 18.8. The van der Waals surface area contributed by atoms with Crippen molar-refractivity contribution in [3.8, 4) is 0 Å². The van der Waals surface area contributed by atoms with Crippen LogP contribution in [0, 0.1) is 22.7 Å². The van der Waals surface area contributed by atoms with Crippen LogP contribution in [0.4, 0.5) is 0 Å². The molecule has 0 unspecified atom stereocenters. The number of alkyl halides is 1. The lowest BCUT2D eigenvalue weighted by Gasteiger charge is -2.63. The molecule has 1 saturated heterocycles. The fourth-order valence-electron chi connectivity index (χ4n) is 6.26. The average molecular weight is 433 g/mol. The van der Waals surface area contributed by atoms with Crippen molar-refractivity contribution in [1.29, 1.82) is 0 Å². The number of carbonyl (C=O) groups is 2. The minimum absolute atomic E-state index is 0.0207. The Morgan fingerprint density at radius 2 is 1.79 bits per heavy atom. The molecule has 0 bridgehead atoms. The largest absolute Gasteiger partial charge is 0.469 e. The molecule has 0 aromatic carbocycles. The van der Waals surface area contributed by atoms with Crippen LogP contribution in [0.1, 0.15) is 66.7 Å². The number of hydrogen-bond acceptors (Lipinski definition) is 6. The van der Waals surface area contributed by atoms with E-state index in [-0.39, 0.29) is 36.1 Å². The smallest absolute Gasteiger partial charge is 0.311 e. The number of aliphatic hydroxyl groups is 1. The number of fused-ring (bicyclic) bond motifs is 1. The SMILES string of the molecule is COC(=O)C[C@]1(C)[C@@H](C(C)(C)C(=O)OC)CC[C@]2(C)O[C@@](C)([C@H](O)CCl)CC[C@@H]12. The van der Waals surface area contributed by atoms with Gasteiger partial charge in [-0.05, 0) is 70.6 Å². The van der Waals surface area contributed by atoms with Gasteiger partial charge in [0.2, 0.25) is 0 Å². The summed E-state index contributed by atoms with van der Waals surface area (Å²) in [6.45, 7) is 9.83. The highest BCUT2D eigenvalue weighted by Gasteiger charge is 2.63. The zero-order valence-corrected chi connectivity index (χ0v) is 19.6. The molecule has 2 fully saturated rings. The standard InChI is InChI=1S/C22H37ClO6/c1-19(2,18(26)28-7)14-8-10-21(4)15(20(14,3)12-17(25)27-6)9-11-22(5,29-21)16(24)13-23/h14-16,24H,8-13H2,1-7H3/t14-,15+,16-,20-,21+,22-/m1/s1. The van der Waals surface area contributed by atoms with E-state index in [9.17, 15) is 14.7 Å². The first-order chi connectivity index (χ1) is 13.3. The molecule has 1 aliphatic carbocycles. The van der Waals surface area contributed by atoms with Crippen molar-refractivity contribution >= 4 is 23.5 Å². The van der Waals surface area contributed by atoms with Crippen molar-refractivity contribution in [1.82, 2.24) is 0 Å². The van der Waals surface area contributed by atoms with Crippen LogP contribution in [0.3, 0.4) is 0 Å². The summed E-state index contributed by atoms with van der Waals surface area (Å²) in [6, 6.07) is 0. The van der Waals surface area contributed by atoms with E-state index in [1.165, 1.54) is 14.2 Å². The minimum atomic E-state index is -0.766. The van der Waals surface area contributed by atoms with E-state index >= 15 is 0 Å². The molecule has 6 nitrogen and oxygen atoms in total. The van der Waals surface area contributed by atoms with Crippen molar-refractivity contribution in [2.24, 2.45) is 22.7 Å². The summed E-state index contributed by atoms with van der Waals surface area (Å²) in [6.07, 6.45) is 2.26. The fourth-order valence-corrected chi connectivity index (χ4v) is 6.59. The predicted molar refractivity (Wildman–Crippen MR) is 111 cm³/mol. The number of methoxy groups -OCH3 is 2. The van der Waals surface area contributed by atoms with Crippen LogP contribution < -0.4 is 0 Å². The second kappa shape index (κ2) is 8.35. The normalized spacial score (nSPS) is 38.7. The van der Waals surface area contributed by atoms with Gasteiger partial charge in [-0.1, -0.05) is 6.92 Å². The predicted octanol–water partition coefficient (Wildman–Crippen LogP) is 3.71. The second-order valence-electron chi connectivity index (χ2n) is 10.1. The molecule has 168 valence electrons. The highest BCUT2D eigenvalue weighted by atomic mass is 35.5. The first-order valence-corrected chi connectivity index (χ1v) is 10.9. The Balaban J connectivity index is 2.48. The van der Waals surface area contributed by atoms with Crippen LogP contribution in [0.25, 0.3) is 0 Å². The van der Waals surface area contributed by atoms with Gasteiger partial charge < -0.3 is 19.3 Å². The van der Waals surface area contributed by atoms with Gasteiger partial charge in [-0.15, -0.1) is 11.6 Å². The molecule has 7 heteroatoms. The van der Waals surface area contributed by atoms with E-state index in [4.69, 9.17) is 25.8 Å². The third-order valence-corrected chi connectivity index (χ3v) is 8.13. The van der Waals surface area contributed by atoms with Crippen LogP contribution in [0.2, 0.25) is 0 Å². The lowest BCUT2D eigenvalue weighted by atomic mass is 9.47. The molecule has 1 heterocycles. The number of hydrogen-bond donors (Lipinski definition) is 1. The molecule has 1 saturated carbocycles. The summed E-state index contributed by atoms with van der Waals surface area (Å²) < 4.78 is 16.7. The molecule has 0 aromatic heterocycles. The molecule has 0 radical (unpaired) electrons. The maximum absolute atomic E-state index is 12.6. The van der Waals surface area contributed by atoms with Gasteiger partial charge in [-0.3, -0.25) is 9.59 Å². The van der Waals surface area contributed by atoms with E-state index in [0.29, 0.717) is 12.8 Å². The van der Waals surface area contributed by atoms with Gasteiger partial charge in [-0.2, -0.15) is 0 Å². The molecule has 0 amide bonds. The van der Waals surface area contributed by atoms with Crippen LogP contribution >= 0.6 is 11.6 Å². The Labute approximate surface area is 179 Å². The van der Waals surface area contributed by atoms with E-state index in [2.05, 4.69) is 13.8 Å². The van der Waals surface area contributed by atoms with E-state index in [1.54, 1.807) is 0 Å². The summed E-state index contributed by atoms with van der Waals surface area (Å²) in [7, 11) is 2.79. The quantitative estimate of drug-likeness (QED) is 0.509. The van der Waals surface area contributed by atoms with Gasteiger partial charge in [0, 0.05) is 0 Å². The third kappa shape index (κ3) is 4.17. The number of carbonyl (C=O) groups excluding carboxylic acids is 2. The summed E-state index contributed by atoms with van der Waals surface area (Å²) in [5.41, 5.74) is -2.55. The molecule has 1 aliphatic heterocycles. The monoisotopic (exact) mass is 432 g/mol. The fraction of sp³-hybridized carbons (Fsp3) is 0.909. The van der Waals surface area contributed by atoms with E-state index in [1.807, 2.05) is 20.8 Å². The average Bonchev–Trinajstić information content (AvgIpc) is 2.65. The first kappa shape index (κ1) is 24.4. The molecule has 1 N–H and O–H groups in total. The van der Waals surface area contributed by atoms with Crippen molar-refractivity contribution < 1.29 is 28.9 Å². The Morgan fingerprint density at radius 1 is 1.17 bits per heavy atom. The van der Waals surface area contributed by atoms with Crippen molar-refractivity contribution in [3.63, 3.8) is 0 Å². The van der Waals surface area contributed by atoms with Crippen molar-refractivity contribution in [3.05, 3.63) is 0 Å². The van der Waals surface area contributed by atoms with E-state index < -0.39 is 28.1 Å². The van der Waals surface area contributed by atoms with Gasteiger partial charge in [0.25, 0.3) is 0 Å². The Hall–Kier alpha value is -0.850. The van der Waals surface area contributed by atoms with Gasteiger partial charge in [0.05, 0.1) is 49.2 Å². The summed E-state index contributed by atoms with van der Waals surface area (Å²) in [5.74, 6) is -0.523. The number of halogens is 1. The molecule has 0 spiro atoms. The number of esters is 2. The van der Waals surface area contributed by atoms with Gasteiger partial charge in [0.1, 0.15) is 0 Å². The van der Waals surface area contributed by atoms with E-state index in [0.717, 1.165) is 12.8 Å². The molecule has 0 aromatic rings. The molecular weight excluding hydrogens is 396 g/mol. The highest BCUT2D eigenvalue weighted by molar-refractivity contribution is 6.18. The molecular formula is C22H37ClO6. The molecule has 6 atom stereocenters. The minimum Gasteiger partial charge on any atom is -0.469 e. The number of rotatable bonds is 6. The summed E-state index contributed by atoms with van der Waals surface area (Å²) in [5, 5.41) is 10.5. The summed E-state index contributed by atoms with van der Waals surface area (Å²) in [4.78, 5) is 25.1. The van der Waals surface area contributed by atoms with Gasteiger partial charge >= 0.3 is 11.9 Å². The zero-order chi connectivity index (χ0) is 22.3. The van der Waals surface area contributed by atoms with Crippen molar-refractivity contribution in [2.45, 2.75) is 84.0 Å². The van der Waals surface area contributed by atoms with Gasteiger partial charge in [0.15, 0.2) is 0 Å². The Kier molecular flexibility index (Phi) is 7.03. The Bertz CT molecular complexity index is 637. The second-order valence-corrected chi connectivity index (χ2v) is 10.4. The maximum atomic E-state index is 12.6. The molecule has 29 heavy (non-hydrogen) atoms. The van der Waals surface area contributed by atoms with Gasteiger partial charge in [-0.25, -0.2) is 0 Å². The Morgan fingerprint density at radius 3 is 2.31 bits per heavy atom. The third-order valence-electron chi connectivity index (χ3n) is 7.84. The number of aliphatic hydroxyl groups excluding tert-OH is 1. The molecule has 2 aliphatic rings. The van der Waals surface area contributed by atoms with Crippen LogP contribution in [-0.4, -0.2) is 54.5 Å². The van der Waals surface area contributed by atoms with Crippen LogP contribution in [-0.2, 0) is 23.8 Å². The van der Waals surface area contributed by atoms with Crippen LogP contribution in [0.5, 0.6) is 0 Å². The summed E-state index contributed by atoms with van der Waals surface area (Å²) >= 11 is 5.93. The lowest BCUT2D eigenvalue weighted by molar-refractivity contribution is -0.278.